The molecule has 1 aromatic carbocycles. The predicted molar refractivity (Wildman–Crippen MR) is 83.7 cm³/mol. The second-order valence-electron chi connectivity index (χ2n) is 5.58. The van der Waals surface area contributed by atoms with E-state index in [4.69, 9.17) is 9.47 Å². The second-order valence-corrected chi connectivity index (χ2v) is 5.58. The van der Waals surface area contributed by atoms with Gasteiger partial charge in [0.2, 0.25) is 0 Å². The van der Waals surface area contributed by atoms with Gasteiger partial charge in [0, 0.05) is 38.7 Å². The lowest BCUT2D eigenvalue weighted by Crippen LogP contribution is -2.52. The van der Waals surface area contributed by atoms with Gasteiger partial charge >= 0.3 is 5.97 Å². The number of carboxylic acid groups (broad SMARTS) is 1. The van der Waals surface area contributed by atoms with Crippen molar-refractivity contribution in [2.24, 2.45) is 0 Å². The topological polar surface area (TPSA) is 62.2 Å². The average Bonchev–Trinajstić information content (AvgIpc) is 2.53. The van der Waals surface area contributed by atoms with E-state index >= 15 is 0 Å². The van der Waals surface area contributed by atoms with Crippen LogP contribution in [0.2, 0.25) is 0 Å². The zero-order chi connectivity index (χ0) is 16.1. The van der Waals surface area contributed by atoms with E-state index in [1.54, 1.807) is 20.3 Å². The SMILES string of the molecule is COc1ccc(C[C@H](C(=O)O)N2CCN(C)CC2)c(OC)c1. The van der Waals surface area contributed by atoms with Gasteiger partial charge in [-0.15, -0.1) is 0 Å². The predicted octanol–water partition coefficient (Wildman–Crippen LogP) is 0.947. The molecule has 6 nitrogen and oxygen atoms in total. The van der Waals surface area contributed by atoms with Crippen LogP contribution < -0.4 is 9.47 Å². The van der Waals surface area contributed by atoms with Crippen molar-refractivity contribution < 1.29 is 19.4 Å². The zero-order valence-corrected chi connectivity index (χ0v) is 13.4. The highest BCUT2D eigenvalue weighted by molar-refractivity contribution is 5.74. The zero-order valence-electron chi connectivity index (χ0n) is 13.4. The standard InChI is InChI=1S/C16H24N2O4/c1-17-6-8-18(9-7-17)14(16(19)20)10-12-4-5-13(21-2)11-15(12)22-3/h4-5,11,14H,6-10H2,1-3H3,(H,19,20)/t14-/m1/s1. The number of rotatable bonds is 6. The molecular formula is C16H24N2O4. The third-order valence-electron chi connectivity index (χ3n) is 4.17. The van der Waals surface area contributed by atoms with Crippen molar-refractivity contribution in [3.05, 3.63) is 23.8 Å². The summed E-state index contributed by atoms with van der Waals surface area (Å²) in [7, 11) is 5.24. The van der Waals surface area contributed by atoms with Gasteiger partial charge in [-0.05, 0) is 18.7 Å². The average molecular weight is 308 g/mol. The highest BCUT2D eigenvalue weighted by atomic mass is 16.5. The fourth-order valence-corrected chi connectivity index (χ4v) is 2.73. The van der Waals surface area contributed by atoms with Crippen molar-refractivity contribution in [1.29, 1.82) is 0 Å². The minimum Gasteiger partial charge on any atom is -0.497 e. The third kappa shape index (κ3) is 3.90. The third-order valence-corrected chi connectivity index (χ3v) is 4.17. The molecule has 0 aromatic heterocycles. The van der Waals surface area contributed by atoms with Gasteiger partial charge in [0.15, 0.2) is 0 Å². The Balaban J connectivity index is 2.16. The first-order valence-electron chi connectivity index (χ1n) is 7.41. The van der Waals surface area contributed by atoms with E-state index < -0.39 is 12.0 Å². The molecule has 0 radical (unpaired) electrons. The number of methoxy groups -OCH3 is 2. The molecular weight excluding hydrogens is 284 g/mol. The van der Waals surface area contributed by atoms with E-state index in [0.717, 1.165) is 31.7 Å². The monoisotopic (exact) mass is 308 g/mol. The van der Waals surface area contributed by atoms with E-state index in [1.165, 1.54) is 0 Å². The maximum Gasteiger partial charge on any atom is 0.321 e. The van der Waals surface area contributed by atoms with Crippen molar-refractivity contribution in [1.82, 2.24) is 9.80 Å². The first-order valence-corrected chi connectivity index (χ1v) is 7.41. The molecule has 1 aromatic rings. The summed E-state index contributed by atoms with van der Waals surface area (Å²) in [6, 6.07) is 4.97. The Hall–Kier alpha value is -1.79. The number of ether oxygens (including phenoxy) is 2. The molecule has 0 aliphatic carbocycles. The Morgan fingerprint density at radius 2 is 1.91 bits per heavy atom. The van der Waals surface area contributed by atoms with E-state index in [9.17, 15) is 9.90 Å². The summed E-state index contributed by atoms with van der Waals surface area (Å²) in [5.41, 5.74) is 0.884. The van der Waals surface area contributed by atoms with E-state index in [1.807, 2.05) is 17.0 Å². The molecule has 1 atom stereocenters. The van der Waals surface area contributed by atoms with Crippen LogP contribution in [0.15, 0.2) is 18.2 Å². The van der Waals surface area contributed by atoms with Gasteiger partial charge in [-0.3, -0.25) is 9.69 Å². The Labute approximate surface area is 131 Å². The number of carboxylic acids is 1. The van der Waals surface area contributed by atoms with Crippen molar-refractivity contribution in [2.45, 2.75) is 12.5 Å². The number of hydrogen-bond acceptors (Lipinski definition) is 5. The molecule has 0 unspecified atom stereocenters. The Morgan fingerprint density at radius 1 is 1.23 bits per heavy atom. The molecule has 0 spiro atoms. The molecule has 0 bridgehead atoms. The first kappa shape index (κ1) is 16.6. The van der Waals surface area contributed by atoms with Crippen molar-refractivity contribution in [3.8, 4) is 11.5 Å². The van der Waals surface area contributed by atoms with Crippen molar-refractivity contribution in [3.63, 3.8) is 0 Å². The summed E-state index contributed by atoms with van der Waals surface area (Å²) in [6.45, 7) is 3.32. The van der Waals surface area contributed by atoms with Gasteiger partial charge < -0.3 is 19.5 Å². The molecule has 1 fully saturated rings. The van der Waals surface area contributed by atoms with Crippen molar-refractivity contribution in [2.75, 3.05) is 47.4 Å². The summed E-state index contributed by atoms with van der Waals surface area (Å²) in [6.07, 6.45) is 0.423. The Morgan fingerprint density at radius 3 is 2.45 bits per heavy atom. The summed E-state index contributed by atoms with van der Waals surface area (Å²) >= 11 is 0. The minimum absolute atomic E-state index is 0.423. The summed E-state index contributed by atoms with van der Waals surface area (Å²) in [5.74, 6) is 0.578. The smallest absolute Gasteiger partial charge is 0.321 e. The van der Waals surface area contributed by atoms with Crippen LogP contribution >= 0.6 is 0 Å². The van der Waals surface area contributed by atoms with E-state index in [-0.39, 0.29) is 0 Å². The fourth-order valence-electron chi connectivity index (χ4n) is 2.73. The van der Waals surface area contributed by atoms with Crippen LogP contribution in [0.3, 0.4) is 0 Å². The summed E-state index contributed by atoms with van der Waals surface area (Å²) < 4.78 is 10.6. The molecule has 0 saturated carbocycles. The van der Waals surface area contributed by atoms with Crippen LogP contribution in [-0.4, -0.2) is 74.4 Å². The number of nitrogens with zero attached hydrogens (tertiary/aromatic N) is 2. The van der Waals surface area contributed by atoms with Crippen LogP contribution in [0.1, 0.15) is 5.56 Å². The fraction of sp³-hybridized carbons (Fsp3) is 0.562. The molecule has 1 heterocycles. The lowest BCUT2D eigenvalue weighted by atomic mass is 10.0. The van der Waals surface area contributed by atoms with Gasteiger partial charge in [0.05, 0.1) is 14.2 Å². The molecule has 1 saturated heterocycles. The van der Waals surface area contributed by atoms with Gasteiger partial charge in [0.25, 0.3) is 0 Å². The second kappa shape index (κ2) is 7.47. The number of aliphatic carboxylic acids is 1. The lowest BCUT2D eigenvalue weighted by molar-refractivity contribution is -0.144. The number of benzene rings is 1. The lowest BCUT2D eigenvalue weighted by Gasteiger charge is -2.36. The molecule has 2 rings (SSSR count). The van der Waals surface area contributed by atoms with Crippen molar-refractivity contribution >= 4 is 5.97 Å². The summed E-state index contributed by atoms with van der Waals surface area (Å²) in [5, 5.41) is 9.60. The van der Waals surface area contributed by atoms with Crippen LogP contribution in [0.4, 0.5) is 0 Å². The maximum atomic E-state index is 11.7. The number of likely N-dealkylation sites (N-methyl/N-ethyl adjacent to an activating group) is 1. The molecule has 22 heavy (non-hydrogen) atoms. The number of hydrogen-bond donors (Lipinski definition) is 1. The molecule has 0 amide bonds. The van der Waals surface area contributed by atoms with Gasteiger partial charge in [-0.1, -0.05) is 6.07 Å². The molecule has 6 heteroatoms. The van der Waals surface area contributed by atoms with Crippen LogP contribution in [0, 0.1) is 0 Å². The maximum absolute atomic E-state index is 11.7. The van der Waals surface area contributed by atoms with Crippen LogP contribution in [0.25, 0.3) is 0 Å². The number of carbonyl (C=O) groups is 1. The van der Waals surface area contributed by atoms with Crippen LogP contribution in [0.5, 0.6) is 11.5 Å². The Kier molecular flexibility index (Phi) is 5.63. The van der Waals surface area contributed by atoms with E-state index in [2.05, 4.69) is 11.9 Å². The number of piperazine rings is 1. The molecule has 122 valence electrons. The highest BCUT2D eigenvalue weighted by Crippen LogP contribution is 2.26. The molecule has 1 aliphatic heterocycles. The minimum atomic E-state index is -0.789. The van der Waals surface area contributed by atoms with Gasteiger partial charge in [-0.25, -0.2) is 0 Å². The van der Waals surface area contributed by atoms with Gasteiger partial charge in [0.1, 0.15) is 17.5 Å². The van der Waals surface area contributed by atoms with Crippen LogP contribution in [-0.2, 0) is 11.2 Å². The summed E-state index contributed by atoms with van der Waals surface area (Å²) in [4.78, 5) is 15.9. The van der Waals surface area contributed by atoms with Gasteiger partial charge in [-0.2, -0.15) is 0 Å². The molecule has 1 aliphatic rings. The van der Waals surface area contributed by atoms with E-state index in [0.29, 0.717) is 17.9 Å². The molecule has 1 N–H and O–H groups in total. The normalized spacial score (nSPS) is 18.0. The first-order chi connectivity index (χ1) is 10.5. The quantitative estimate of drug-likeness (QED) is 0.844. The largest absolute Gasteiger partial charge is 0.497 e. The highest BCUT2D eigenvalue weighted by Gasteiger charge is 2.29. The Bertz CT molecular complexity index is 513.